The molecular weight excluding hydrogens is 352 g/mol. The lowest BCUT2D eigenvalue weighted by atomic mass is 10.1. The van der Waals surface area contributed by atoms with E-state index >= 15 is 0 Å². The molecule has 0 fully saturated rings. The molecule has 0 saturated carbocycles. The van der Waals surface area contributed by atoms with E-state index in [-0.39, 0.29) is 11.8 Å². The smallest absolute Gasteiger partial charge is 0.255 e. The van der Waals surface area contributed by atoms with Crippen molar-refractivity contribution >= 4 is 23.2 Å². The van der Waals surface area contributed by atoms with E-state index in [2.05, 4.69) is 10.6 Å². The van der Waals surface area contributed by atoms with Crippen LogP contribution in [0.15, 0.2) is 66.7 Å². The molecule has 0 unspecified atom stereocenters. The van der Waals surface area contributed by atoms with E-state index in [1.165, 1.54) is 0 Å². The van der Waals surface area contributed by atoms with Gasteiger partial charge in [0.15, 0.2) is 0 Å². The van der Waals surface area contributed by atoms with Gasteiger partial charge in [0.25, 0.3) is 11.8 Å². The lowest BCUT2D eigenvalue weighted by Gasteiger charge is -2.11. The van der Waals surface area contributed by atoms with Crippen LogP contribution in [0.2, 0.25) is 0 Å². The highest BCUT2D eigenvalue weighted by atomic mass is 16.5. The number of hydrogen-bond donors (Lipinski definition) is 2. The summed E-state index contributed by atoms with van der Waals surface area (Å²) in [6, 6.07) is 19.4. The summed E-state index contributed by atoms with van der Waals surface area (Å²) in [5, 5.41) is 5.73. The van der Waals surface area contributed by atoms with Crippen LogP contribution in [0, 0.1) is 13.8 Å². The van der Waals surface area contributed by atoms with Gasteiger partial charge in [0.1, 0.15) is 5.75 Å². The topological polar surface area (TPSA) is 67.4 Å². The Kier molecular flexibility index (Phi) is 5.75. The average Bonchev–Trinajstić information content (AvgIpc) is 2.72. The minimum absolute atomic E-state index is 0.257. The Hall–Kier alpha value is -3.60. The third kappa shape index (κ3) is 4.38. The van der Waals surface area contributed by atoms with E-state index in [9.17, 15) is 9.59 Å². The number of aryl methyl sites for hydroxylation is 1. The highest BCUT2D eigenvalue weighted by Gasteiger charge is 2.12. The normalized spacial score (nSPS) is 10.2. The molecule has 0 aromatic heterocycles. The maximum Gasteiger partial charge on any atom is 0.255 e. The van der Waals surface area contributed by atoms with E-state index in [0.717, 1.165) is 16.8 Å². The summed E-state index contributed by atoms with van der Waals surface area (Å²) in [7, 11) is 1.59. The van der Waals surface area contributed by atoms with Crippen molar-refractivity contribution in [2.75, 3.05) is 17.7 Å². The van der Waals surface area contributed by atoms with Crippen molar-refractivity contribution in [3.05, 3.63) is 89.0 Å². The molecule has 3 aromatic rings. The lowest BCUT2D eigenvalue weighted by Crippen LogP contribution is -2.16. The summed E-state index contributed by atoms with van der Waals surface area (Å²) in [6.07, 6.45) is 0. The van der Waals surface area contributed by atoms with Crippen molar-refractivity contribution in [3.63, 3.8) is 0 Å². The number of methoxy groups -OCH3 is 1. The first-order valence-electron chi connectivity index (χ1n) is 8.91. The molecule has 0 aliphatic carbocycles. The van der Waals surface area contributed by atoms with Gasteiger partial charge in [-0.3, -0.25) is 9.59 Å². The van der Waals surface area contributed by atoms with E-state index in [0.29, 0.717) is 22.6 Å². The van der Waals surface area contributed by atoms with E-state index < -0.39 is 0 Å². The van der Waals surface area contributed by atoms with Crippen LogP contribution in [0.4, 0.5) is 11.4 Å². The van der Waals surface area contributed by atoms with Crippen molar-refractivity contribution in [2.45, 2.75) is 13.8 Å². The fourth-order valence-corrected chi connectivity index (χ4v) is 2.76. The zero-order valence-corrected chi connectivity index (χ0v) is 16.1. The van der Waals surface area contributed by atoms with Gasteiger partial charge in [-0.05, 0) is 73.5 Å². The van der Waals surface area contributed by atoms with Gasteiger partial charge in [0.2, 0.25) is 0 Å². The Morgan fingerprint density at radius 3 is 2.04 bits per heavy atom. The van der Waals surface area contributed by atoms with Crippen LogP contribution < -0.4 is 15.4 Å². The highest BCUT2D eigenvalue weighted by Crippen LogP contribution is 2.20. The molecule has 142 valence electrons. The maximum absolute atomic E-state index is 12.6. The molecule has 0 saturated heterocycles. The van der Waals surface area contributed by atoms with Gasteiger partial charge in [0, 0.05) is 22.5 Å². The Morgan fingerprint density at radius 1 is 0.786 bits per heavy atom. The largest absolute Gasteiger partial charge is 0.497 e. The van der Waals surface area contributed by atoms with Crippen LogP contribution in [-0.4, -0.2) is 18.9 Å². The van der Waals surface area contributed by atoms with Gasteiger partial charge in [-0.15, -0.1) is 0 Å². The van der Waals surface area contributed by atoms with E-state index in [1.54, 1.807) is 55.6 Å². The third-order valence-electron chi connectivity index (χ3n) is 4.59. The predicted octanol–water partition coefficient (Wildman–Crippen LogP) is 4.82. The summed E-state index contributed by atoms with van der Waals surface area (Å²) >= 11 is 0. The predicted molar refractivity (Wildman–Crippen MR) is 111 cm³/mol. The van der Waals surface area contributed by atoms with Crippen molar-refractivity contribution in [1.29, 1.82) is 0 Å². The molecule has 2 N–H and O–H groups in total. The fourth-order valence-electron chi connectivity index (χ4n) is 2.76. The Balaban J connectivity index is 1.74. The third-order valence-corrected chi connectivity index (χ3v) is 4.59. The second kappa shape index (κ2) is 8.39. The Morgan fingerprint density at radius 2 is 1.39 bits per heavy atom. The van der Waals surface area contributed by atoms with Gasteiger partial charge >= 0.3 is 0 Å². The molecular formula is C23H22N2O3. The molecule has 0 atom stereocenters. The Bertz CT molecular complexity index is 1010. The second-order valence-corrected chi connectivity index (χ2v) is 6.47. The monoisotopic (exact) mass is 374 g/mol. The number of hydrogen-bond acceptors (Lipinski definition) is 3. The SMILES string of the molecule is COc1ccc(NC(=O)c2cccc(C(=O)Nc3cccc(C)c3C)c2)cc1. The van der Waals surface area contributed by atoms with Crippen LogP contribution >= 0.6 is 0 Å². The zero-order valence-electron chi connectivity index (χ0n) is 16.1. The second-order valence-electron chi connectivity index (χ2n) is 6.47. The molecule has 0 bridgehead atoms. The van der Waals surface area contributed by atoms with Crippen molar-refractivity contribution < 1.29 is 14.3 Å². The summed E-state index contributed by atoms with van der Waals surface area (Å²) in [5.74, 6) is 0.169. The Labute approximate surface area is 164 Å². The number of ether oxygens (including phenoxy) is 1. The molecule has 0 spiro atoms. The van der Waals surface area contributed by atoms with E-state index in [4.69, 9.17) is 4.74 Å². The van der Waals surface area contributed by atoms with Gasteiger partial charge in [0.05, 0.1) is 7.11 Å². The maximum atomic E-state index is 12.6. The van der Waals surface area contributed by atoms with Crippen molar-refractivity contribution in [2.24, 2.45) is 0 Å². The summed E-state index contributed by atoms with van der Waals surface area (Å²) < 4.78 is 5.11. The average molecular weight is 374 g/mol. The molecule has 28 heavy (non-hydrogen) atoms. The van der Waals surface area contributed by atoms with Crippen molar-refractivity contribution in [1.82, 2.24) is 0 Å². The number of nitrogens with one attached hydrogen (secondary N) is 2. The fraction of sp³-hybridized carbons (Fsp3) is 0.130. The lowest BCUT2D eigenvalue weighted by molar-refractivity contribution is 0.102. The zero-order chi connectivity index (χ0) is 20.1. The first kappa shape index (κ1) is 19.2. The van der Waals surface area contributed by atoms with Gasteiger partial charge < -0.3 is 15.4 Å². The van der Waals surface area contributed by atoms with Crippen LogP contribution in [0.1, 0.15) is 31.8 Å². The molecule has 5 nitrogen and oxygen atoms in total. The summed E-state index contributed by atoms with van der Waals surface area (Å²) in [5.41, 5.74) is 4.36. The van der Waals surface area contributed by atoms with Gasteiger partial charge in [-0.25, -0.2) is 0 Å². The molecule has 0 aliphatic heterocycles. The van der Waals surface area contributed by atoms with E-state index in [1.807, 2.05) is 32.0 Å². The summed E-state index contributed by atoms with van der Waals surface area (Å²) in [6.45, 7) is 3.96. The first-order chi connectivity index (χ1) is 13.5. The molecule has 0 heterocycles. The van der Waals surface area contributed by atoms with Crippen LogP contribution in [0.3, 0.4) is 0 Å². The molecule has 5 heteroatoms. The number of carbonyl (C=O) groups is 2. The first-order valence-corrected chi connectivity index (χ1v) is 8.91. The molecule has 2 amide bonds. The molecule has 0 aliphatic rings. The van der Waals surface area contributed by atoms with Crippen LogP contribution in [0.5, 0.6) is 5.75 Å². The minimum Gasteiger partial charge on any atom is -0.497 e. The molecule has 3 aromatic carbocycles. The van der Waals surface area contributed by atoms with Gasteiger partial charge in [-0.1, -0.05) is 18.2 Å². The number of anilines is 2. The van der Waals surface area contributed by atoms with Crippen LogP contribution in [0.25, 0.3) is 0 Å². The van der Waals surface area contributed by atoms with Crippen LogP contribution in [-0.2, 0) is 0 Å². The number of rotatable bonds is 5. The van der Waals surface area contributed by atoms with Crippen molar-refractivity contribution in [3.8, 4) is 5.75 Å². The molecule has 0 radical (unpaired) electrons. The number of benzene rings is 3. The minimum atomic E-state index is -0.286. The summed E-state index contributed by atoms with van der Waals surface area (Å²) in [4.78, 5) is 25.2. The molecule has 3 rings (SSSR count). The number of carbonyl (C=O) groups excluding carboxylic acids is 2. The standard InChI is InChI=1S/C23H22N2O3/c1-15-6-4-9-21(16(15)2)25-23(27)18-8-5-7-17(14-18)22(26)24-19-10-12-20(28-3)13-11-19/h4-14H,1-3H3,(H,24,26)(H,25,27). The number of amides is 2. The highest BCUT2D eigenvalue weighted by molar-refractivity contribution is 6.09. The quantitative estimate of drug-likeness (QED) is 0.673. The van der Waals surface area contributed by atoms with Gasteiger partial charge in [-0.2, -0.15) is 0 Å².